The van der Waals surface area contributed by atoms with Crippen molar-refractivity contribution in [2.24, 2.45) is 29.0 Å². The first-order chi connectivity index (χ1) is 16.3. The van der Waals surface area contributed by atoms with Gasteiger partial charge in [0.2, 0.25) is 23.6 Å². The number of nitrogens with two attached hydrogens (primary N) is 3. The third-order valence-electron chi connectivity index (χ3n) is 5.73. The van der Waals surface area contributed by atoms with Crippen LogP contribution in [0.15, 0.2) is 0 Å². The number of carboxylic acids is 1. The second-order valence-corrected chi connectivity index (χ2v) is 9.36. The Labute approximate surface area is 207 Å². The van der Waals surface area contributed by atoms with Gasteiger partial charge in [0, 0.05) is 6.42 Å². The van der Waals surface area contributed by atoms with E-state index in [0.29, 0.717) is 38.6 Å². The van der Waals surface area contributed by atoms with Gasteiger partial charge < -0.3 is 38.3 Å². The maximum Gasteiger partial charge on any atom is 0.326 e. The van der Waals surface area contributed by atoms with Gasteiger partial charge in [-0.15, -0.1) is 0 Å². The molecule has 202 valence electrons. The van der Waals surface area contributed by atoms with E-state index in [9.17, 15) is 29.1 Å². The first-order valence-corrected chi connectivity index (χ1v) is 12.2. The number of hydrogen-bond acceptors (Lipinski definition) is 7. The maximum atomic E-state index is 13.1. The van der Waals surface area contributed by atoms with Gasteiger partial charge in [-0.05, 0) is 50.5 Å². The predicted molar refractivity (Wildman–Crippen MR) is 132 cm³/mol. The third kappa shape index (κ3) is 13.1. The fourth-order valence-corrected chi connectivity index (χ4v) is 3.42. The summed E-state index contributed by atoms with van der Waals surface area (Å²) < 4.78 is 0. The topological polar surface area (TPSA) is 220 Å². The largest absolute Gasteiger partial charge is 0.480 e. The highest BCUT2D eigenvalue weighted by molar-refractivity contribution is 5.94. The van der Waals surface area contributed by atoms with Gasteiger partial charge in [0.15, 0.2) is 0 Å². The summed E-state index contributed by atoms with van der Waals surface area (Å²) in [5, 5.41) is 17.1. The van der Waals surface area contributed by atoms with E-state index in [-0.39, 0.29) is 24.7 Å². The summed E-state index contributed by atoms with van der Waals surface area (Å²) in [4.78, 5) is 61.2. The van der Waals surface area contributed by atoms with E-state index in [1.807, 2.05) is 20.8 Å². The lowest BCUT2D eigenvalue weighted by molar-refractivity contribution is -0.143. The number of aliphatic carboxylic acids is 1. The minimum Gasteiger partial charge on any atom is -0.480 e. The Morgan fingerprint density at radius 3 is 1.94 bits per heavy atom. The molecule has 0 aliphatic carbocycles. The van der Waals surface area contributed by atoms with Crippen molar-refractivity contribution >= 4 is 29.6 Å². The highest BCUT2D eigenvalue weighted by atomic mass is 16.4. The lowest BCUT2D eigenvalue weighted by Gasteiger charge is -2.28. The first-order valence-electron chi connectivity index (χ1n) is 12.2. The minimum absolute atomic E-state index is 0.177. The van der Waals surface area contributed by atoms with Crippen LogP contribution in [0.5, 0.6) is 0 Å². The highest BCUT2D eigenvalue weighted by Gasteiger charge is 2.32. The Bertz CT molecular complexity index is 717. The number of unbranched alkanes of at least 4 members (excludes halogenated alkanes) is 1. The van der Waals surface area contributed by atoms with Crippen molar-refractivity contribution in [1.82, 2.24) is 16.0 Å². The maximum absolute atomic E-state index is 13.1. The summed E-state index contributed by atoms with van der Waals surface area (Å²) in [5.74, 6) is -3.90. The van der Waals surface area contributed by atoms with Crippen LogP contribution < -0.4 is 33.2 Å². The van der Waals surface area contributed by atoms with E-state index in [1.54, 1.807) is 6.92 Å². The molecule has 0 saturated carbocycles. The molecule has 4 amide bonds. The molecule has 0 aromatic heterocycles. The summed E-state index contributed by atoms with van der Waals surface area (Å²) in [7, 11) is 0. The number of amides is 4. The number of carbonyl (C=O) groups excluding carboxylic acids is 4. The van der Waals surface area contributed by atoms with Crippen LogP contribution in [0.3, 0.4) is 0 Å². The Balaban J connectivity index is 5.56. The fourth-order valence-electron chi connectivity index (χ4n) is 3.42. The van der Waals surface area contributed by atoms with E-state index in [1.165, 1.54) is 0 Å². The minimum atomic E-state index is -1.34. The van der Waals surface area contributed by atoms with Crippen LogP contribution in [0.25, 0.3) is 0 Å². The van der Waals surface area contributed by atoms with Crippen LogP contribution in [0.1, 0.15) is 72.6 Å². The molecule has 0 aliphatic heterocycles. The van der Waals surface area contributed by atoms with E-state index in [4.69, 9.17) is 17.2 Å². The Morgan fingerprint density at radius 1 is 0.857 bits per heavy atom. The normalized spacial score (nSPS) is 15.4. The zero-order chi connectivity index (χ0) is 27.1. The SMILES string of the molecule is CCC(C)C(NC(=O)C(CCCCN)NC(=O)C(N)CC(C)C)C(=O)NC(CCC(N)=O)C(=O)O. The average Bonchev–Trinajstić information content (AvgIpc) is 2.77. The Hall–Kier alpha value is -2.73. The Morgan fingerprint density at radius 2 is 1.46 bits per heavy atom. The molecule has 5 unspecified atom stereocenters. The molecule has 0 spiro atoms. The Kier molecular flexibility index (Phi) is 15.5. The fraction of sp³-hybridized carbons (Fsp3) is 0.783. The van der Waals surface area contributed by atoms with Gasteiger partial charge in [-0.1, -0.05) is 34.1 Å². The number of hydrogen-bond donors (Lipinski definition) is 7. The highest BCUT2D eigenvalue weighted by Crippen LogP contribution is 2.11. The van der Waals surface area contributed by atoms with Gasteiger partial charge >= 0.3 is 5.97 Å². The zero-order valence-electron chi connectivity index (χ0n) is 21.3. The van der Waals surface area contributed by atoms with Crippen molar-refractivity contribution in [2.45, 2.75) is 96.8 Å². The van der Waals surface area contributed by atoms with Gasteiger partial charge in [0.1, 0.15) is 18.1 Å². The molecule has 0 radical (unpaired) electrons. The van der Waals surface area contributed by atoms with E-state index in [0.717, 1.165) is 0 Å². The molecule has 0 rings (SSSR count). The molecule has 0 aromatic rings. The number of carbonyl (C=O) groups is 5. The summed E-state index contributed by atoms with van der Waals surface area (Å²) in [6.07, 6.45) is 2.08. The van der Waals surface area contributed by atoms with Crippen molar-refractivity contribution in [2.75, 3.05) is 6.54 Å². The van der Waals surface area contributed by atoms with Crippen LogP contribution in [0, 0.1) is 11.8 Å². The molecule has 35 heavy (non-hydrogen) atoms. The van der Waals surface area contributed by atoms with Crippen LogP contribution >= 0.6 is 0 Å². The van der Waals surface area contributed by atoms with Crippen molar-refractivity contribution in [1.29, 1.82) is 0 Å². The summed E-state index contributed by atoms with van der Waals surface area (Å²) in [6.45, 7) is 7.85. The van der Waals surface area contributed by atoms with E-state index < -0.39 is 53.8 Å². The van der Waals surface area contributed by atoms with Crippen molar-refractivity contribution in [3.05, 3.63) is 0 Å². The molecule has 0 aromatic carbocycles. The molecular formula is C23H44N6O6. The van der Waals surface area contributed by atoms with Gasteiger partial charge in [-0.2, -0.15) is 0 Å². The zero-order valence-corrected chi connectivity index (χ0v) is 21.3. The van der Waals surface area contributed by atoms with Gasteiger partial charge in [0.05, 0.1) is 6.04 Å². The molecule has 0 heterocycles. The molecular weight excluding hydrogens is 456 g/mol. The summed E-state index contributed by atoms with van der Waals surface area (Å²) in [5.41, 5.74) is 16.6. The van der Waals surface area contributed by atoms with E-state index in [2.05, 4.69) is 16.0 Å². The smallest absolute Gasteiger partial charge is 0.326 e. The van der Waals surface area contributed by atoms with Crippen molar-refractivity contribution < 1.29 is 29.1 Å². The molecule has 0 bridgehead atoms. The van der Waals surface area contributed by atoms with Crippen molar-refractivity contribution in [3.8, 4) is 0 Å². The first kappa shape index (κ1) is 32.3. The molecule has 0 saturated heterocycles. The van der Waals surface area contributed by atoms with Crippen LogP contribution in [-0.4, -0.2) is 65.4 Å². The van der Waals surface area contributed by atoms with Crippen LogP contribution in [0.4, 0.5) is 0 Å². The third-order valence-corrected chi connectivity index (χ3v) is 5.73. The molecule has 0 aliphatic rings. The summed E-state index contributed by atoms with van der Waals surface area (Å²) in [6, 6.07) is -4.11. The number of carboxylic acid groups (broad SMARTS) is 1. The van der Waals surface area contributed by atoms with Gasteiger partial charge in [0.25, 0.3) is 0 Å². The quantitative estimate of drug-likeness (QED) is 0.119. The average molecular weight is 501 g/mol. The molecule has 5 atom stereocenters. The predicted octanol–water partition coefficient (Wildman–Crippen LogP) is -0.661. The second-order valence-electron chi connectivity index (χ2n) is 9.36. The number of nitrogens with one attached hydrogen (secondary N) is 3. The molecule has 10 N–H and O–H groups in total. The van der Waals surface area contributed by atoms with Gasteiger partial charge in [-0.25, -0.2) is 4.79 Å². The van der Waals surface area contributed by atoms with Gasteiger partial charge in [-0.3, -0.25) is 19.2 Å². The van der Waals surface area contributed by atoms with Crippen molar-refractivity contribution in [3.63, 3.8) is 0 Å². The molecule has 12 heteroatoms. The van der Waals surface area contributed by atoms with Crippen LogP contribution in [0.2, 0.25) is 0 Å². The standard InChI is InChI=1S/C23H44N6O6/c1-5-14(4)19(22(33)28-17(23(34)35)9-10-18(26)30)29-21(32)16(8-6-7-11-24)27-20(31)15(25)12-13(2)3/h13-17,19H,5-12,24-25H2,1-4H3,(H2,26,30)(H,27,31)(H,28,33)(H,29,32)(H,34,35). The lowest BCUT2D eigenvalue weighted by Crippen LogP contribution is -2.58. The lowest BCUT2D eigenvalue weighted by atomic mass is 9.96. The van der Waals surface area contributed by atoms with E-state index >= 15 is 0 Å². The second kappa shape index (κ2) is 16.8. The summed E-state index contributed by atoms with van der Waals surface area (Å²) >= 11 is 0. The monoisotopic (exact) mass is 500 g/mol. The molecule has 0 fully saturated rings. The molecule has 12 nitrogen and oxygen atoms in total. The van der Waals surface area contributed by atoms with Crippen LogP contribution in [-0.2, 0) is 24.0 Å². The number of primary amides is 1. The number of rotatable bonds is 18.